The van der Waals surface area contributed by atoms with Crippen molar-refractivity contribution in [2.45, 2.75) is 26.3 Å². The molecule has 2 aromatic rings. The van der Waals surface area contributed by atoms with Crippen LogP contribution in [0.5, 0.6) is 5.75 Å². The lowest BCUT2D eigenvalue weighted by molar-refractivity contribution is -0.138. The maximum absolute atomic E-state index is 13.7. The standard InChI is InChI=1S/C25H23NO6S4/c1-6-32-13-9-10-15-14(12-13)17(24-35-18(22(28)30-4)19(36-24)23(29)31-5)20(33)25(2,3)26(15)21(27)16-8-7-11-34-16/h7-12H,6H2,1-5H3. The van der Waals surface area contributed by atoms with Gasteiger partial charge < -0.3 is 14.2 Å². The number of carbonyl (C=O) groups excluding carboxylic acids is 3. The Morgan fingerprint density at radius 1 is 1.03 bits per heavy atom. The molecule has 11 heteroatoms. The molecule has 2 aliphatic heterocycles. The molecule has 0 atom stereocenters. The van der Waals surface area contributed by atoms with Crippen molar-refractivity contribution in [3.05, 3.63) is 60.2 Å². The molecule has 1 amide bonds. The van der Waals surface area contributed by atoms with Gasteiger partial charge in [-0.1, -0.05) is 41.8 Å². The zero-order valence-electron chi connectivity index (χ0n) is 20.2. The first-order chi connectivity index (χ1) is 17.1. The second-order valence-electron chi connectivity index (χ2n) is 8.13. The molecule has 3 heterocycles. The number of esters is 2. The molecule has 188 valence electrons. The molecule has 0 N–H and O–H groups in total. The number of hydrogen-bond donors (Lipinski definition) is 0. The van der Waals surface area contributed by atoms with Gasteiger partial charge in [-0.15, -0.1) is 11.3 Å². The van der Waals surface area contributed by atoms with Crippen molar-refractivity contribution in [2.24, 2.45) is 0 Å². The number of nitrogens with zero attached hydrogens (tertiary/aromatic N) is 1. The largest absolute Gasteiger partial charge is 0.494 e. The highest BCUT2D eigenvalue weighted by Gasteiger charge is 2.46. The Kier molecular flexibility index (Phi) is 7.65. The van der Waals surface area contributed by atoms with Crippen LogP contribution in [0.2, 0.25) is 0 Å². The quantitative estimate of drug-likeness (QED) is 0.261. The first-order valence-electron chi connectivity index (χ1n) is 10.9. The third-order valence-corrected chi connectivity index (χ3v) is 9.73. The van der Waals surface area contributed by atoms with Crippen LogP contribution in [0.3, 0.4) is 0 Å². The predicted octanol–water partition coefficient (Wildman–Crippen LogP) is 5.66. The fraction of sp³-hybridized carbons (Fsp3) is 0.280. The van der Waals surface area contributed by atoms with E-state index in [1.165, 1.54) is 25.6 Å². The van der Waals surface area contributed by atoms with E-state index >= 15 is 0 Å². The third-order valence-electron chi connectivity index (χ3n) is 5.61. The van der Waals surface area contributed by atoms with Gasteiger partial charge in [-0.25, -0.2) is 9.59 Å². The van der Waals surface area contributed by atoms with Crippen molar-refractivity contribution in [1.82, 2.24) is 0 Å². The second kappa shape index (κ2) is 10.4. The van der Waals surface area contributed by atoms with Crippen molar-refractivity contribution < 1.29 is 28.6 Å². The lowest BCUT2D eigenvalue weighted by atomic mass is 9.83. The summed E-state index contributed by atoms with van der Waals surface area (Å²) in [7, 11) is 2.51. The molecule has 1 aromatic carbocycles. The van der Waals surface area contributed by atoms with Crippen molar-refractivity contribution in [1.29, 1.82) is 0 Å². The summed E-state index contributed by atoms with van der Waals surface area (Å²) in [5, 5.41) is 1.86. The first-order valence-corrected chi connectivity index (χ1v) is 13.8. The summed E-state index contributed by atoms with van der Waals surface area (Å²) in [6, 6.07) is 9.12. The predicted molar refractivity (Wildman–Crippen MR) is 149 cm³/mol. The van der Waals surface area contributed by atoms with E-state index in [4.69, 9.17) is 26.4 Å². The van der Waals surface area contributed by atoms with Gasteiger partial charge in [-0.2, -0.15) is 0 Å². The van der Waals surface area contributed by atoms with Gasteiger partial charge in [0, 0.05) is 11.1 Å². The summed E-state index contributed by atoms with van der Waals surface area (Å²) in [5.74, 6) is -0.825. The van der Waals surface area contributed by atoms with Crippen LogP contribution < -0.4 is 9.64 Å². The highest BCUT2D eigenvalue weighted by atomic mass is 32.2. The summed E-state index contributed by atoms with van der Waals surface area (Å²) >= 11 is 9.60. The molecule has 0 bridgehead atoms. The summed E-state index contributed by atoms with van der Waals surface area (Å²) < 4.78 is 16.2. The van der Waals surface area contributed by atoms with Crippen LogP contribution in [0.4, 0.5) is 5.69 Å². The van der Waals surface area contributed by atoms with E-state index in [9.17, 15) is 14.4 Å². The molecule has 0 aliphatic carbocycles. The van der Waals surface area contributed by atoms with E-state index in [1.54, 1.807) is 11.0 Å². The van der Waals surface area contributed by atoms with Crippen LogP contribution >= 0.6 is 47.1 Å². The first kappa shape index (κ1) is 26.5. The summed E-state index contributed by atoms with van der Waals surface area (Å²) in [6.45, 7) is 6.13. The van der Waals surface area contributed by atoms with Crippen LogP contribution in [0.1, 0.15) is 36.0 Å². The minimum Gasteiger partial charge on any atom is -0.494 e. The van der Waals surface area contributed by atoms with Gasteiger partial charge >= 0.3 is 11.9 Å². The molecule has 0 spiro atoms. The number of methoxy groups -OCH3 is 2. The zero-order chi connectivity index (χ0) is 26.2. The van der Waals surface area contributed by atoms with Crippen LogP contribution in [0.15, 0.2) is 49.8 Å². The van der Waals surface area contributed by atoms with E-state index in [0.717, 1.165) is 23.5 Å². The van der Waals surface area contributed by atoms with Crippen molar-refractivity contribution >= 4 is 81.0 Å². The van der Waals surface area contributed by atoms with Crippen molar-refractivity contribution in [3.63, 3.8) is 0 Å². The molecular formula is C25H23NO6S4. The average molecular weight is 562 g/mol. The number of anilines is 1. The summed E-state index contributed by atoms with van der Waals surface area (Å²) in [5.41, 5.74) is 1.11. The molecule has 36 heavy (non-hydrogen) atoms. The average Bonchev–Trinajstić information content (AvgIpc) is 3.55. The Balaban J connectivity index is 1.94. The maximum atomic E-state index is 13.7. The van der Waals surface area contributed by atoms with Gasteiger partial charge in [0.2, 0.25) is 0 Å². The number of carbonyl (C=O) groups is 3. The fourth-order valence-corrected chi connectivity index (χ4v) is 7.62. The topological polar surface area (TPSA) is 82.1 Å². The Morgan fingerprint density at radius 2 is 1.67 bits per heavy atom. The van der Waals surface area contributed by atoms with Crippen LogP contribution in [-0.4, -0.2) is 49.1 Å². The molecule has 0 saturated heterocycles. The number of hydrogen-bond acceptors (Lipinski definition) is 10. The number of thioether (sulfide) groups is 2. The molecule has 1 aromatic heterocycles. The van der Waals surface area contributed by atoms with E-state index in [-0.39, 0.29) is 15.7 Å². The number of rotatable bonds is 5. The van der Waals surface area contributed by atoms with Gasteiger partial charge in [0.1, 0.15) is 15.6 Å². The van der Waals surface area contributed by atoms with Crippen LogP contribution in [0, 0.1) is 0 Å². The highest BCUT2D eigenvalue weighted by Crippen LogP contribution is 2.56. The van der Waals surface area contributed by atoms with Gasteiger partial charge in [-0.05, 0) is 50.4 Å². The van der Waals surface area contributed by atoms with Gasteiger partial charge in [-0.3, -0.25) is 9.69 Å². The number of ether oxygens (including phenoxy) is 3. The van der Waals surface area contributed by atoms with Gasteiger partial charge in [0.25, 0.3) is 5.91 Å². The Labute approximate surface area is 226 Å². The maximum Gasteiger partial charge on any atom is 0.346 e. The number of thiophene rings is 1. The number of benzene rings is 1. The van der Waals surface area contributed by atoms with E-state index in [2.05, 4.69) is 0 Å². The van der Waals surface area contributed by atoms with Crippen molar-refractivity contribution in [3.8, 4) is 5.75 Å². The second-order valence-corrected chi connectivity index (χ2v) is 11.8. The molecule has 4 rings (SSSR count). The monoisotopic (exact) mass is 561 g/mol. The molecular weight excluding hydrogens is 539 g/mol. The zero-order valence-corrected chi connectivity index (χ0v) is 23.5. The normalized spacial score (nSPS) is 16.7. The Hall–Kier alpha value is -2.60. The van der Waals surface area contributed by atoms with Crippen LogP contribution in [-0.2, 0) is 19.1 Å². The molecule has 7 nitrogen and oxygen atoms in total. The molecule has 0 unspecified atom stereocenters. The number of thiocarbonyl (C=S) groups is 1. The molecule has 0 fully saturated rings. The molecule has 0 radical (unpaired) electrons. The number of fused-ring (bicyclic) bond motifs is 1. The smallest absolute Gasteiger partial charge is 0.346 e. The molecule has 0 saturated carbocycles. The number of amides is 1. The lowest BCUT2D eigenvalue weighted by Gasteiger charge is -2.45. The van der Waals surface area contributed by atoms with Crippen LogP contribution in [0.25, 0.3) is 5.57 Å². The van der Waals surface area contributed by atoms with Gasteiger partial charge in [0.15, 0.2) is 0 Å². The van der Waals surface area contributed by atoms with Crippen molar-refractivity contribution in [2.75, 3.05) is 25.7 Å². The summed E-state index contributed by atoms with van der Waals surface area (Å²) in [6.07, 6.45) is 0. The minimum atomic E-state index is -0.889. The molecule has 2 aliphatic rings. The Bertz CT molecular complexity index is 1300. The highest BCUT2D eigenvalue weighted by molar-refractivity contribution is 8.29. The van der Waals surface area contributed by atoms with Gasteiger partial charge in [0.05, 0.1) is 46.0 Å². The Morgan fingerprint density at radius 3 is 2.19 bits per heavy atom. The van der Waals surface area contributed by atoms with E-state index < -0.39 is 17.5 Å². The fourth-order valence-electron chi connectivity index (χ4n) is 3.93. The SMILES string of the molecule is CCOc1ccc2c(c1)C(=C1SC(C(=O)OC)=C(C(=O)OC)S1)C(=S)C(C)(C)N2C(=O)c1cccs1. The minimum absolute atomic E-state index is 0.136. The van der Waals surface area contributed by atoms with E-state index in [0.29, 0.717) is 43.2 Å². The lowest BCUT2D eigenvalue weighted by Crippen LogP contribution is -2.55. The third kappa shape index (κ3) is 4.49. The summed E-state index contributed by atoms with van der Waals surface area (Å²) in [4.78, 5) is 41.7. The van der Waals surface area contributed by atoms with E-state index in [1.807, 2.05) is 50.4 Å².